The molecule has 2 heterocycles. The number of aromatic nitrogens is 2. The van der Waals surface area contributed by atoms with Gasteiger partial charge in [-0.15, -0.1) is 0 Å². The Morgan fingerprint density at radius 1 is 1.16 bits per heavy atom. The normalized spacial score (nSPS) is 19.7. The Morgan fingerprint density at radius 2 is 1.91 bits per heavy atom. The number of aromatic amines is 1. The summed E-state index contributed by atoms with van der Waals surface area (Å²) in [5.74, 6) is 0.0445. The summed E-state index contributed by atoms with van der Waals surface area (Å²) in [6.45, 7) is 1.26. The Bertz CT molecular complexity index is 1270. The smallest absolute Gasteiger partial charge is 0.272 e. The molecule has 32 heavy (non-hydrogen) atoms. The molecule has 1 saturated heterocycles. The second kappa shape index (κ2) is 7.24. The third-order valence-corrected chi connectivity index (χ3v) is 7.22. The number of amides is 1. The van der Waals surface area contributed by atoms with Crippen molar-refractivity contribution in [1.82, 2.24) is 20.4 Å². The molecule has 2 N–H and O–H groups in total. The average molecular weight is 432 g/mol. The van der Waals surface area contributed by atoms with Gasteiger partial charge in [0.1, 0.15) is 5.82 Å². The van der Waals surface area contributed by atoms with Crippen LogP contribution in [-0.4, -0.2) is 45.7 Å². The molecule has 0 unspecified atom stereocenters. The Hall–Kier alpha value is -3.06. The van der Waals surface area contributed by atoms with Crippen LogP contribution in [0.3, 0.4) is 0 Å². The molecular formula is C25H25FN4O2. The van der Waals surface area contributed by atoms with E-state index in [2.05, 4.69) is 15.5 Å². The zero-order valence-corrected chi connectivity index (χ0v) is 17.7. The van der Waals surface area contributed by atoms with E-state index >= 15 is 0 Å². The number of benzene rings is 2. The van der Waals surface area contributed by atoms with Gasteiger partial charge in [0.15, 0.2) is 0 Å². The maximum atomic E-state index is 14.6. The molecule has 3 fully saturated rings. The summed E-state index contributed by atoms with van der Waals surface area (Å²) in [6.07, 6.45) is 5.52. The van der Waals surface area contributed by atoms with E-state index in [4.69, 9.17) is 0 Å². The van der Waals surface area contributed by atoms with Crippen LogP contribution in [0.4, 0.5) is 4.39 Å². The first-order valence-electron chi connectivity index (χ1n) is 11.3. The molecule has 0 radical (unpaired) electrons. The zero-order valence-electron chi connectivity index (χ0n) is 17.7. The number of likely N-dealkylation sites (tertiary alicyclic amines) is 1. The minimum Gasteiger partial charge on any atom is -0.335 e. The molecular weight excluding hydrogens is 407 g/mol. The minimum atomic E-state index is -0.508. The van der Waals surface area contributed by atoms with Gasteiger partial charge in [-0.05, 0) is 55.4 Å². The first kappa shape index (κ1) is 19.6. The van der Waals surface area contributed by atoms with Crippen molar-refractivity contribution in [2.75, 3.05) is 13.1 Å². The molecule has 6 nitrogen and oxygen atoms in total. The number of fused-ring (bicyclic) bond motifs is 1. The van der Waals surface area contributed by atoms with E-state index < -0.39 is 5.82 Å². The fourth-order valence-electron chi connectivity index (χ4n) is 5.10. The molecule has 3 aliphatic rings. The summed E-state index contributed by atoms with van der Waals surface area (Å²) < 4.78 is 14.6. The lowest BCUT2D eigenvalue weighted by atomic mass is 10.00. The first-order valence-corrected chi connectivity index (χ1v) is 11.3. The van der Waals surface area contributed by atoms with Crippen molar-refractivity contribution in [3.8, 4) is 0 Å². The predicted octanol–water partition coefficient (Wildman–Crippen LogP) is 3.01. The fraction of sp³-hybridized carbons (Fsp3) is 0.400. The van der Waals surface area contributed by atoms with E-state index in [1.807, 2.05) is 12.1 Å². The van der Waals surface area contributed by atoms with Crippen LogP contribution in [0.15, 0.2) is 47.3 Å². The van der Waals surface area contributed by atoms with E-state index in [1.165, 1.54) is 31.7 Å². The summed E-state index contributed by atoms with van der Waals surface area (Å²) in [6, 6.07) is 12.2. The predicted molar refractivity (Wildman–Crippen MR) is 119 cm³/mol. The van der Waals surface area contributed by atoms with Gasteiger partial charge in [-0.1, -0.05) is 24.3 Å². The van der Waals surface area contributed by atoms with Crippen molar-refractivity contribution in [1.29, 1.82) is 0 Å². The van der Waals surface area contributed by atoms with Gasteiger partial charge in [-0.2, -0.15) is 5.10 Å². The average Bonchev–Trinajstić information content (AvgIpc) is 3.67. The highest BCUT2D eigenvalue weighted by atomic mass is 19.1. The number of carbonyl (C=O) groups excluding carboxylic acids is 1. The summed E-state index contributed by atoms with van der Waals surface area (Å²) in [4.78, 5) is 26.7. The molecule has 2 aliphatic carbocycles. The monoisotopic (exact) mass is 432 g/mol. The van der Waals surface area contributed by atoms with E-state index in [0.717, 1.165) is 16.9 Å². The van der Waals surface area contributed by atoms with E-state index in [-0.39, 0.29) is 17.0 Å². The molecule has 1 aromatic heterocycles. The van der Waals surface area contributed by atoms with Crippen molar-refractivity contribution in [3.63, 3.8) is 0 Å². The number of H-pyrrole nitrogens is 1. The highest BCUT2D eigenvalue weighted by Gasteiger charge is 2.55. The van der Waals surface area contributed by atoms with Crippen LogP contribution in [0.2, 0.25) is 0 Å². The molecule has 2 aromatic carbocycles. The quantitative estimate of drug-likeness (QED) is 0.628. The van der Waals surface area contributed by atoms with Crippen molar-refractivity contribution < 1.29 is 9.18 Å². The molecule has 3 aromatic rings. The maximum Gasteiger partial charge on any atom is 0.272 e. The fourth-order valence-corrected chi connectivity index (χ4v) is 5.10. The third kappa shape index (κ3) is 3.41. The Balaban J connectivity index is 1.18. The van der Waals surface area contributed by atoms with Gasteiger partial charge in [-0.3, -0.25) is 9.59 Å². The second-order valence-corrected chi connectivity index (χ2v) is 9.52. The van der Waals surface area contributed by atoms with Crippen LogP contribution in [0.1, 0.15) is 47.3 Å². The van der Waals surface area contributed by atoms with Gasteiger partial charge < -0.3 is 10.2 Å². The molecule has 1 aliphatic heterocycles. The Kier molecular flexibility index (Phi) is 4.43. The number of hydrogen-bond acceptors (Lipinski definition) is 4. The molecule has 1 amide bonds. The van der Waals surface area contributed by atoms with E-state index in [1.54, 1.807) is 29.2 Å². The Labute approximate surface area is 184 Å². The van der Waals surface area contributed by atoms with Crippen LogP contribution in [-0.2, 0) is 6.42 Å². The molecule has 6 rings (SSSR count). The minimum absolute atomic E-state index is 0.0954. The number of halogens is 1. The van der Waals surface area contributed by atoms with Crippen molar-refractivity contribution in [3.05, 3.63) is 75.5 Å². The molecule has 0 bridgehead atoms. The number of nitrogens with one attached hydrogen (secondary N) is 2. The summed E-state index contributed by atoms with van der Waals surface area (Å²) in [7, 11) is 0. The maximum absolute atomic E-state index is 14.6. The van der Waals surface area contributed by atoms with Crippen LogP contribution < -0.4 is 10.9 Å². The van der Waals surface area contributed by atoms with Crippen LogP contribution in [0, 0.1) is 11.7 Å². The van der Waals surface area contributed by atoms with Gasteiger partial charge in [0, 0.05) is 36.5 Å². The van der Waals surface area contributed by atoms with Gasteiger partial charge in [0.2, 0.25) is 0 Å². The van der Waals surface area contributed by atoms with Crippen molar-refractivity contribution in [2.24, 2.45) is 5.92 Å². The number of nitrogens with zero attached hydrogens (tertiary/aromatic N) is 2. The van der Waals surface area contributed by atoms with Crippen molar-refractivity contribution >= 4 is 16.7 Å². The van der Waals surface area contributed by atoms with Gasteiger partial charge >= 0.3 is 0 Å². The van der Waals surface area contributed by atoms with E-state index in [9.17, 15) is 14.0 Å². The lowest BCUT2D eigenvalue weighted by Crippen LogP contribution is -2.62. The second-order valence-electron chi connectivity index (χ2n) is 9.52. The first-order chi connectivity index (χ1) is 15.5. The molecule has 0 atom stereocenters. The van der Waals surface area contributed by atoms with Gasteiger partial charge in [0.25, 0.3) is 11.5 Å². The van der Waals surface area contributed by atoms with Gasteiger partial charge in [-0.25, -0.2) is 9.49 Å². The zero-order chi connectivity index (χ0) is 21.9. The SMILES string of the molecule is O=C(c1cc(Cc2n[nH]c(=O)c3ccccc23)ccc1F)N1CC(NC2(C3CC3)CC2)C1. The standard InChI is InChI=1S/C25H25FN4O2/c26-21-8-5-15(12-22-18-3-1-2-4-19(18)23(31)29-28-22)11-20(21)24(32)30-13-17(14-30)27-25(9-10-25)16-6-7-16/h1-5,8,11,16-17,27H,6-7,9-10,12-14H2,(H,29,31). The Morgan fingerprint density at radius 3 is 2.62 bits per heavy atom. The molecule has 0 spiro atoms. The lowest BCUT2D eigenvalue weighted by Gasteiger charge is -2.42. The summed E-state index contributed by atoms with van der Waals surface area (Å²) in [5.41, 5.74) is 1.65. The van der Waals surface area contributed by atoms with Crippen LogP contribution in [0.25, 0.3) is 10.8 Å². The third-order valence-electron chi connectivity index (χ3n) is 7.22. The number of rotatable bonds is 6. The van der Waals surface area contributed by atoms with Gasteiger partial charge in [0.05, 0.1) is 16.6 Å². The lowest BCUT2D eigenvalue weighted by molar-refractivity contribution is 0.0535. The van der Waals surface area contributed by atoms with E-state index in [0.29, 0.717) is 42.2 Å². The van der Waals surface area contributed by atoms with Crippen molar-refractivity contribution in [2.45, 2.75) is 43.7 Å². The topological polar surface area (TPSA) is 78.1 Å². The van der Waals surface area contributed by atoms with Crippen LogP contribution in [0.5, 0.6) is 0 Å². The summed E-state index contributed by atoms with van der Waals surface area (Å²) >= 11 is 0. The largest absolute Gasteiger partial charge is 0.335 e. The molecule has 2 saturated carbocycles. The molecule has 7 heteroatoms. The highest BCUT2D eigenvalue weighted by molar-refractivity contribution is 5.95. The van der Waals surface area contributed by atoms with Crippen LogP contribution >= 0.6 is 0 Å². The number of hydrogen-bond donors (Lipinski definition) is 2. The number of carbonyl (C=O) groups is 1. The molecule has 164 valence electrons. The highest BCUT2D eigenvalue weighted by Crippen LogP contribution is 2.54. The summed E-state index contributed by atoms with van der Waals surface area (Å²) in [5, 5.41) is 11.8.